The number of thioether (sulfide) groups is 1. The molecule has 1 aromatic rings. The average molecular weight is 354 g/mol. The Morgan fingerprint density at radius 2 is 2.24 bits per heavy atom. The molecule has 0 spiro atoms. The van der Waals surface area contributed by atoms with Gasteiger partial charge in [0.1, 0.15) is 0 Å². The van der Waals surface area contributed by atoms with E-state index in [4.69, 9.17) is 23.2 Å². The van der Waals surface area contributed by atoms with E-state index in [0.29, 0.717) is 15.3 Å². The Morgan fingerprint density at radius 3 is 2.88 bits per heavy atom. The minimum Gasteiger partial charge on any atom is -0.334 e. The zero-order chi connectivity index (χ0) is 12.4. The fourth-order valence-corrected chi connectivity index (χ4v) is 3.21. The lowest BCUT2D eigenvalue weighted by Gasteiger charge is -2.10. The van der Waals surface area contributed by atoms with Crippen molar-refractivity contribution in [1.29, 1.82) is 0 Å². The summed E-state index contributed by atoms with van der Waals surface area (Å²) in [4.78, 5) is 4.43. The van der Waals surface area contributed by atoms with Crippen molar-refractivity contribution in [3.8, 4) is 0 Å². The van der Waals surface area contributed by atoms with Gasteiger partial charge in [0.25, 0.3) is 0 Å². The third-order valence-corrected chi connectivity index (χ3v) is 5.49. The Kier molecular flexibility index (Phi) is 4.64. The molecule has 1 aliphatic rings. The van der Waals surface area contributed by atoms with Crippen LogP contribution in [-0.4, -0.2) is 17.0 Å². The van der Waals surface area contributed by atoms with Crippen LogP contribution in [0.4, 0.5) is 5.69 Å². The van der Waals surface area contributed by atoms with E-state index < -0.39 is 0 Å². The van der Waals surface area contributed by atoms with Crippen molar-refractivity contribution in [2.24, 2.45) is 4.99 Å². The van der Waals surface area contributed by atoms with Gasteiger partial charge in [-0.2, -0.15) is 0 Å². The Bertz CT molecular complexity index is 465. The standard InChI is InChI=1S/C11H11BrCl2N2S/c1-2-6-5-15-11(17-6)16-8-4-3-7(12)9(13)10(8)14/h3-4,6H,2,5H2,1H3,(H,15,16). The number of nitrogens with zero attached hydrogens (tertiary/aromatic N) is 1. The van der Waals surface area contributed by atoms with Crippen molar-refractivity contribution in [3.05, 3.63) is 26.7 Å². The number of halogens is 3. The van der Waals surface area contributed by atoms with Gasteiger partial charge in [0.15, 0.2) is 5.17 Å². The number of hydrogen-bond acceptors (Lipinski definition) is 3. The van der Waals surface area contributed by atoms with Gasteiger partial charge in [-0.15, -0.1) is 0 Å². The molecule has 0 aromatic heterocycles. The second-order valence-corrected chi connectivity index (χ2v) is 6.54. The fraction of sp³-hybridized carbons (Fsp3) is 0.364. The van der Waals surface area contributed by atoms with Gasteiger partial charge in [-0.3, -0.25) is 4.99 Å². The van der Waals surface area contributed by atoms with Crippen molar-refractivity contribution >= 4 is 61.7 Å². The molecule has 0 radical (unpaired) electrons. The summed E-state index contributed by atoms with van der Waals surface area (Å²) in [6, 6.07) is 3.76. The van der Waals surface area contributed by atoms with Crippen LogP contribution in [0.3, 0.4) is 0 Å². The first kappa shape index (κ1) is 13.5. The van der Waals surface area contributed by atoms with Crippen molar-refractivity contribution in [1.82, 2.24) is 0 Å². The summed E-state index contributed by atoms with van der Waals surface area (Å²) in [5.74, 6) is 0. The number of amidine groups is 1. The maximum absolute atomic E-state index is 6.16. The summed E-state index contributed by atoms with van der Waals surface area (Å²) < 4.78 is 0.794. The SMILES string of the molecule is CCC1CN=C(Nc2ccc(Br)c(Cl)c2Cl)S1. The summed E-state index contributed by atoms with van der Waals surface area (Å²) in [5, 5.41) is 5.74. The molecule has 2 rings (SSSR count). The van der Waals surface area contributed by atoms with Gasteiger partial charge in [0.05, 0.1) is 22.3 Å². The number of anilines is 1. The van der Waals surface area contributed by atoms with Gasteiger partial charge in [0, 0.05) is 9.72 Å². The van der Waals surface area contributed by atoms with Crippen LogP contribution in [0.1, 0.15) is 13.3 Å². The Morgan fingerprint density at radius 1 is 1.47 bits per heavy atom. The Hall–Kier alpha value is 0.1000. The second-order valence-electron chi connectivity index (χ2n) is 3.64. The third kappa shape index (κ3) is 3.11. The van der Waals surface area contributed by atoms with Crippen LogP contribution < -0.4 is 5.32 Å². The molecule has 1 aliphatic heterocycles. The lowest BCUT2D eigenvalue weighted by atomic mass is 10.3. The largest absolute Gasteiger partial charge is 0.334 e. The van der Waals surface area contributed by atoms with Gasteiger partial charge >= 0.3 is 0 Å². The Labute approximate surface area is 123 Å². The lowest BCUT2D eigenvalue weighted by molar-refractivity contribution is 0.843. The number of rotatable bonds is 2. The molecule has 0 saturated heterocycles. The lowest BCUT2D eigenvalue weighted by Crippen LogP contribution is -2.07. The fourth-order valence-electron chi connectivity index (χ4n) is 1.44. The molecule has 1 atom stereocenters. The first-order chi connectivity index (χ1) is 8.11. The van der Waals surface area contributed by atoms with Crippen molar-refractivity contribution in [3.63, 3.8) is 0 Å². The quantitative estimate of drug-likeness (QED) is 0.752. The van der Waals surface area contributed by atoms with E-state index in [1.54, 1.807) is 11.8 Å². The smallest absolute Gasteiger partial charge is 0.161 e. The molecule has 1 N–H and O–H groups in total. The summed E-state index contributed by atoms with van der Waals surface area (Å²) in [5.41, 5.74) is 0.794. The predicted molar refractivity (Wildman–Crippen MR) is 81.8 cm³/mol. The normalized spacial score (nSPS) is 19.3. The highest BCUT2D eigenvalue weighted by molar-refractivity contribution is 9.10. The predicted octanol–water partition coefficient (Wildman–Crippen LogP) is 5.05. The molecular formula is C11H11BrCl2N2S. The van der Waals surface area contributed by atoms with Gasteiger partial charge in [-0.1, -0.05) is 41.9 Å². The van der Waals surface area contributed by atoms with Crippen LogP contribution in [0, 0.1) is 0 Å². The zero-order valence-electron chi connectivity index (χ0n) is 9.14. The molecule has 2 nitrogen and oxygen atoms in total. The number of hydrogen-bond donors (Lipinski definition) is 1. The molecule has 6 heteroatoms. The molecule has 0 saturated carbocycles. The highest BCUT2D eigenvalue weighted by Crippen LogP contribution is 2.37. The maximum Gasteiger partial charge on any atom is 0.161 e. The van der Waals surface area contributed by atoms with E-state index in [9.17, 15) is 0 Å². The van der Waals surface area contributed by atoms with Crippen LogP contribution in [0.25, 0.3) is 0 Å². The summed E-state index contributed by atoms with van der Waals surface area (Å²) in [6.07, 6.45) is 1.12. The number of benzene rings is 1. The highest BCUT2D eigenvalue weighted by Gasteiger charge is 2.19. The van der Waals surface area contributed by atoms with Crippen LogP contribution in [0.15, 0.2) is 21.6 Å². The molecule has 92 valence electrons. The molecule has 1 aromatic carbocycles. The van der Waals surface area contributed by atoms with Gasteiger partial charge in [-0.25, -0.2) is 0 Å². The molecule has 0 amide bonds. The van der Waals surface area contributed by atoms with Crippen LogP contribution in [0.2, 0.25) is 10.0 Å². The molecular weight excluding hydrogens is 343 g/mol. The number of nitrogens with one attached hydrogen (secondary N) is 1. The molecule has 0 aliphatic carbocycles. The van der Waals surface area contributed by atoms with Crippen LogP contribution in [-0.2, 0) is 0 Å². The van der Waals surface area contributed by atoms with Gasteiger partial charge < -0.3 is 5.32 Å². The summed E-state index contributed by atoms with van der Waals surface area (Å²) in [6.45, 7) is 3.03. The second kappa shape index (κ2) is 5.83. The van der Waals surface area contributed by atoms with E-state index in [-0.39, 0.29) is 0 Å². The van der Waals surface area contributed by atoms with Crippen LogP contribution >= 0.6 is 50.9 Å². The van der Waals surface area contributed by atoms with E-state index in [1.165, 1.54) is 0 Å². The van der Waals surface area contributed by atoms with E-state index in [1.807, 2.05) is 12.1 Å². The van der Waals surface area contributed by atoms with E-state index in [2.05, 4.69) is 33.2 Å². The first-order valence-electron chi connectivity index (χ1n) is 5.23. The van der Waals surface area contributed by atoms with E-state index >= 15 is 0 Å². The third-order valence-electron chi connectivity index (χ3n) is 2.45. The number of aliphatic imine (C=N–C) groups is 1. The van der Waals surface area contributed by atoms with Crippen molar-refractivity contribution < 1.29 is 0 Å². The maximum atomic E-state index is 6.16. The highest BCUT2D eigenvalue weighted by atomic mass is 79.9. The molecule has 0 fully saturated rings. The van der Waals surface area contributed by atoms with Gasteiger partial charge in [-0.05, 0) is 34.5 Å². The molecule has 17 heavy (non-hydrogen) atoms. The minimum absolute atomic E-state index is 0.518. The molecule has 1 unspecified atom stereocenters. The minimum atomic E-state index is 0.518. The average Bonchev–Trinajstić information content (AvgIpc) is 2.78. The van der Waals surface area contributed by atoms with Gasteiger partial charge in [0.2, 0.25) is 0 Å². The van der Waals surface area contributed by atoms with Crippen molar-refractivity contribution in [2.75, 3.05) is 11.9 Å². The monoisotopic (exact) mass is 352 g/mol. The van der Waals surface area contributed by atoms with Crippen LogP contribution in [0.5, 0.6) is 0 Å². The first-order valence-corrected chi connectivity index (χ1v) is 7.66. The molecule has 0 bridgehead atoms. The zero-order valence-corrected chi connectivity index (χ0v) is 13.0. The van der Waals surface area contributed by atoms with Crippen molar-refractivity contribution in [2.45, 2.75) is 18.6 Å². The summed E-state index contributed by atoms with van der Waals surface area (Å²) in [7, 11) is 0. The Balaban J connectivity index is 2.13. The topological polar surface area (TPSA) is 24.4 Å². The molecule has 1 heterocycles. The summed E-state index contributed by atoms with van der Waals surface area (Å²) >= 11 is 17.3. The van der Waals surface area contributed by atoms with E-state index in [0.717, 1.165) is 28.3 Å².